The van der Waals surface area contributed by atoms with Gasteiger partial charge in [0.2, 0.25) is 0 Å². The van der Waals surface area contributed by atoms with Gasteiger partial charge >= 0.3 is 11.9 Å². The summed E-state index contributed by atoms with van der Waals surface area (Å²) in [4.78, 5) is 21.1. The molecule has 0 amide bonds. The van der Waals surface area contributed by atoms with E-state index in [1.165, 1.54) is 6.92 Å². The lowest BCUT2D eigenvalue weighted by Gasteiger charge is -2.03. The molecule has 0 unspecified atom stereocenters. The fourth-order valence-electron chi connectivity index (χ4n) is 1.16. The van der Waals surface area contributed by atoms with Gasteiger partial charge in [0.1, 0.15) is 12.4 Å². The Morgan fingerprint density at radius 3 is 2.38 bits per heavy atom. The zero-order chi connectivity index (χ0) is 16.3. The van der Waals surface area contributed by atoms with E-state index in [-0.39, 0.29) is 19.2 Å². The summed E-state index contributed by atoms with van der Waals surface area (Å²) in [5, 5.41) is 8.19. The topological polar surface area (TPSA) is 72.8 Å². The van der Waals surface area contributed by atoms with E-state index in [4.69, 9.17) is 9.84 Å². The molecule has 1 N–H and O–H groups in total. The van der Waals surface area contributed by atoms with Crippen LogP contribution in [0.2, 0.25) is 0 Å². The number of hydrogen-bond donors (Lipinski definition) is 1. The molecular weight excluding hydrogens is 272 g/mol. The van der Waals surface area contributed by atoms with Crippen molar-refractivity contribution in [2.45, 2.75) is 13.8 Å². The maximum Gasteiger partial charge on any atom is 0.333 e. The highest BCUT2D eigenvalue weighted by Gasteiger charge is 2.01. The van der Waals surface area contributed by atoms with Crippen LogP contribution in [0, 0.1) is 0 Å². The van der Waals surface area contributed by atoms with Crippen molar-refractivity contribution in [2.24, 2.45) is 0 Å². The molecule has 0 aliphatic rings. The van der Waals surface area contributed by atoms with Gasteiger partial charge in [-0.25, -0.2) is 4.79 Å². The summed E-state index contributed by atoms with van der Waals surface area (Å²) in [5.74, 6) is -0.214. The SMILES string of the molecule is C=C(C)C(=O)OCCO.C=Cc1ccccc1OC(C)=O. The van der Waals surface area contributed by atoms with E-state index >= 15 is 0 Å². The molecule has 5 nitrogen and oxygen atoms in total. The maximum absolute atomic E-state index is 10.6. The van der Waals surface area contributed by atoms with Crippen molar-refractivity contribution in [3.63, 3.8) is 0 Å². The molecule has 114 valence electrons. The minimum atomic E-state index is -0.455. The standard InChI is InChI=1S/C10H10O2.C6H10O3/c1-3-9-6-4-5-7-10(9)12-8(2)11;1-5(2)6(8)9-4-3-7/h3-7H,1H2,2H3;7H,1,3-4H2,2H3. The Morgan fingerprint density at radius 1 is 1.29 bits per heavy atom. The molecule has 0 bridgehead atoms. The smallest absolute Gasteiger partial charge is 0.333 e. The fourth-order valence-corrected chi connectivity index (χ4v) is 1.16. The van der Waals surface area contributed by atoms with Crippen molar-refractivity contribution in [2.75, 3.05) is 13.2 Å². The number of esters is 2. The van der Waals surface area contributed by atoms with Crippen LogP contribution in [0.1, 0.15) is 19.4 Å². The number of carbonyl (C=O) groups excluding carboxylic acids is 2. The summed E-state index contributed by atoms with van der Waals surface area (Å²) in [6.45, 7) is 9.80. The first-order valence-corrected chi connectivity index (χ1v) is 6.25. The number of carbonyl (C=O) groups is 2. The van der Waals surface area contributed by atoms with Crippen molar-refractivity contribution < 1.29 is 24.2 Å². The Morgan fingerprint density at radius 2 is 1.90 bits per heavy atom. The first-order chi connectivity index (χ1) is 9.92. The highest BCUT2D eigenvalue weighted by Crippen LogP contribution is 2.18. The maximum atomic E-state index is 10.6. The lowest BCUT2D eigenvalue weighted by Crippen LogP contribution is -2.08. The molecule has 0 saturated carbocycles. The van der Waals surface area contributed by atoms with E-state index in [1.807, 2.05) is 18.2 Å². The molecule has 1 rings (SSSR count). The number of ether oxygens (including phenoxy) is 2. The van der Waals surface area contributed by atoms with E-state index in [0.29, 0.717) is 11.3 Å². The summed E-state index contributed by atoms with van der Waals surface area (Å²) in [7, 11) is 0. The number of para-hydroxylation sites is 1. The van der Waals surface area contributed by atoms with E-state index < -0.39 is 5.97 Å². The van der Waals surface area contributed by atoms with Gasteiger partial charge in [-0.3, -0.25) is 4.79 Å². The molecule has 5 heteroatoms. The van der Waals surface area contributed by atoms with Gasteiger partial charge in [-0.15, -0.1) is 0 Å². The third-order valence-electron chi connectivity index (χ3n) is 2.07. The van der Waals surface area contributed by atoms with E-state index in [2.05, 4.69) is 17.9 Å². The van der Waals surface area contributed by atoms with Gasteiger partial charge in [0.15, 0.2) is 0 Å². The van der Waals surface area contributed by atoms with Crippen LogP contribution in [0.3, 0.4) is 0 Å². The molecule has 21 heavy (non-hydrogen) atoms. The predicted molar refractivity (Wildman–Crippen MR) is 80.7 cm³/mol. The fraction of sp³-hybridized carbons (Fsp3) is 0.250. The number of benzene rings is 1. The molecule has 0 aromatic heterocycles. The quantitative estimate of drug-likeness (QED) is 0.512. The van der Waals surface area contributed by atoms with Gasteiger partial charge in [0.25, 0.3) is 0 Å². The van der Waals surface area contributed by atoms with Crippen LogP contribution >= 0.6 is 0 Å². The zero-order valence-electron chi connectivity index (χ0n) is 12.3. The van der Waals surface area contributed by atoms with Gasteiger partial charge in [-0.1, -0.05) is 37.4 Å². The molecule has 0 atom stereocenters. The van der Waals surface area contributed by atoms with Crippen molar-refractivity contribution >= 4 is 18.0 Å². The molecule has 0 fully saturated rings. The lowest BCUT2D eigenvalue weighted by atomic mass is 10.2. The van der Waals surface area contributed by atoms with Gasteiger partial charge in [-0.05, 0) is 13.0 Å². The summed E-state index contributed by atoms with van der Waals surface area (Å²) in [5.41, 5.74) is 1.18. The number of aliphatic hydroxyl groups is 1. The predicted octanol–water partition coefficient (Wildman–Crippen LogP) is 2.35. The third-order valence-corrected chi connectivity index (χ3v) is 2.07. The molecule has 0 aliphatic heterocycles. The van der Waals surface area contributed by atoms with Crippen molar-refractivity contribution in [3.8, 4) is 5.75 Å². The highest BCUT2D eigenvalue weighted by molar-refractivity contribution is 5.86. The molecule has 0 aliphatic carbocycles. The molecule has 0 heterocycles. The van der Waals surface area contributed by atoms with E-state index in [1.54, 1.807) is 19.1 Å². The van der Waals surface area contributed by atoms with Crippen LogP contribution in [0.4, 0.5) is 0 Å². The Kier molecular flexibility index (Phi) is 9.21. The number of aliphatic hydroxyl groups excluding tert-OH is 1. The summed E-state index contributed by atoms with van der Waals surface area (Å²) in [6, 6.07) is 7.25. The van der Waals surface area contributed by atoms with Crippen LogP contribution in [0.5, 0.6) is 5.75 Å². The van der Waals surface area contributed by atoms with Crippen molar-refractivity contribution in [1.29, 1.82) is 0 Å². The van der Waals surface area contributed by atoms with Crippen LogP contribution in [0.15, 0.2) is 43.0 Å². The second-order valence-corrected chi connectivity index (χ2v) is 3.98. The summed E-state index contributed by atoms with van der Waals surface area (Å²) < 4.78 is 9.39. The minimum Gasteiger partial charge on any atom is -0.460 e. The van der Waals surface area contributed by atoms with E-state index in [9.17, 15) is 9.59 Å². The monoisotopic (exact) mass is 292 g/mol. The molecule has 0 radical (unpaired) electrons. The van der Waals surface area contributed by atoms with Crippen LogP contribution < -0.4 is 4.74 Å². The third kappa shape index (κ3) is 8.39. The average molecular weight is 292 g/mol. The number of rotatable bonds is 5. The average Bonchev–Trinajstić information content (AvgIpc) is 2.45. The van der Waals surface area contributed by atoms with Crippen molar-refractivity contribution in [1.82, 2.24) is 0 Å². The molecule has 1 aromatic carbocycles. The first kappa shape index (κ1) is 18.6. The Labute approximate surface area is 124 Å². The zero-order valence-corrected chi connectivity index (χ0v) is 12.3. The largest absolute Gasteiger partial charge is 0.460 e. The Hall–Kier alpha value is -2.40. The lowest BCUT2D eigenvalue weighted by molar-refractivity contribution is -0.139. The Balaban J connectivity index is 0.000000400. The van der Waals surface area contributed by atoms with Gasteiger partial charge in [0.05, 0.1) is 6.61 Å². The highest BCUT2D eigenvalue weighted by atomic mass is 16.5. The molecular formula is C16H20O5. The van der Waals surface area contributed by atoms with E-state index in [0.717, 1.165) is 5.56 Å². The number of hydrogen-bond acceptors (Lipinski definition) is 5. The normalized spacial score (nSPS) is 8.90. The van der Waals surface area contributed by atoms with Gasteiger partial charge < -0.3 is 14.6 Å². The van der Waals surface area contributed by atoms with Crippen LogP contribution in [-0.2, 0) is 14.3 Å². The summed E-state index contributed by atoms with van der Waals surface area (Å²) in [6.07, 6.45) is 1.65. The first-order valence-electron chi connectivity index (χ1n) is 6.25. The van der Waals surface area contributed by atoms with Crippen LogP contribution in [0.25, 0.3) is 6.08 Å². The van der Waals surface area contributed by atoms with Crippen LogP contribution in [-0.4, -0.2) is 30.3 Å². The second kappa shape index (κ2) is 10.4. The Bertz CT molecular complexity index is 505. The summed E-state index contributed by atoms with van der Waals surface area (Å²) >= 11 is 0. The molecule has 0 spiro atoms. The minimum absolute atomic E-state index is 0.0473. The second-order valence-electron chi connectivity index (χ2n) is 3.98. The molecule has 0 saturated heterocycles. The molecule has 1 aromatic rings. The van der Waals surface area contributed by atoms with Crippen molar-refractivity contribution in [3.05, 3.63) is 48.6 Å². The van der Waals surface area contributed by atoms with Gasteiger partial charge in [0, 0.05) is 18.1 Å². The van der Waals surface area contributed by atoms with Gasteiger partial charge in [-0.2, -0.15) is 0 Å².